The van der Waals surface area contributed by atoms with Gasteiger partial charge in [0.05, 0.1) is 9.79 Å². The van der Waals surface area contributed by atoms with Gasteiger partial charge in [-0.3, -0.25) is 0 Å². The molecule has 9 heteroatoms. The first-order chi connectivity index (χ1) is 26.1. The number of hydrogen-bond acceptors (Lipinski definition) is 6. The summed E-state index contributed by atoms with van der Waals surface area (Å²) in [6.07, 6.45) is 42.6. The molecule has 0 unspecified atom stereocenters. The monoisotopic (exact) mass is 928 g/mol. The maximum atomic E-state index is 10.9. The van der Waals surface area contributed by atoms with Gasteiger partial charge in [-0.25, -0.2) is 16.8 Å². The van der Waals surface area contributed by atoms with E-state index in [9.17, 15) is 25.9 Å². The Morgan fingerprint density at radius 3 is 0.691 bits per heavy atom. The maximum absolute atomic E-state index is 10.9. The molecule has 0 bridgehead atoms. The molecular formula is C46H78BaO6S2. The molecule has 0 aliphatic heterocycles. The van der Waals surface area contributed by atoms with Crippen molar-refractivity contribution >= 4 is 69.1 Å². The number of aryl methyl sites for hydroxylation is 2. The minimum Gasteiger partial charge on any atom is -0.744 e. The normalized spacial score (nSPS) is 11.6. The van der Waals surface area contributed by atoms with Crippen LogP contribution in [-0.4, -0.2) is 74.8 Å². The predicted octanol–water partition coefficient (Wildman–Crippen LogP) is 13.6. The van der Waals surface area contributed by atoms with Crippen molar-refractivity contribution in [1.82, 2.24) is 0 Å². The van der Waals surface area contributed by atoms with E-state index in [0.717, 1.165) is 36.8 Å². The third-order valence-electron chi connectivity index (χ3n) is 10.6. The Hall–Kier alpha value is -0.169. The van der Waals surface area contributed by atoms with Crippen LogP contribution in [0.15, 0.2) is 58.3 Å². The molecule has 2 aromatic carbocycles. The van der Waals surface area contributed by atoms with E-state index in [0.29, 0.717) is 0 Å². The van der Waals surface area contributed by atoms with Crippen molar-refractivity contribution in [3.8, 4) is 0 Å². The molecule has 0 amide bonds. The van der Waals surface area contributed by atoms with E-state index in [1.54, 1.807) is 24.3 Å². The fourth-order valence-corrected chi connectivity index (χ4v) is 7.99. The van der Waals surface area contributed by atoms with E-state index in [1.807, 2.05) is 0 Å². The average molecular weight is 929 g/mol. The van der Waals surface area contributed by atoms with E-state index in [4.69, 9.17) is 0 Å². The Bertz CT molecular complexity index is 1240. The quantitative estimate of drug-likeness (QED) is 0.0392. The van der Waals surface area contributed by atoms with Crippen LogP contribution in [-0.2, 0) is 33.1 Å². The van der Waals surface area contributed by atoms with Gasteiger partial charge < -0.3 is 9.11 Å². The summed E-state index contributed by atoms with van der Waals surface area (Å²) in [5, 5.41) is 0. The zero-order valence-corrected chi connectivity index (χ0v) is 41.3. The predicted molar refractivity (Wildman–Crippen MR) is 232 cm³/mol. The van der Waals surface area contributed by atoms with Gasteiger partial charge in [0.2, 0.25) is 0 Å². The van der Waals surface area contributed by atoms with Crippen LogP contribution in [0.2, 0.25) is 0 Å². The topological polar surface area (TPSA) is 114 Å². The van der Waals surface area contributed by atoms with Crippen molar-refractivity contribution in [2.75, 3.05) is 0 Å². The molecule has 2 aromatic rings. The minimum atomic E-state index is -4.32. The first-order valence-corrected chi connectivity index (χ1v) is 25.0. The van der Waals surface area contributed by atoms with Crippen LogP contribution in [0.5, 0.6) is 0 Å². The molecule has 312 valence electrons. The van der Waals surface area contributed by atoms with Gasteiger partial charge in [-0.2, -0.15) is 0 Å². The van der Waals surface area contributed by atoms with E-state index in [1.165, 1.54) is 204 Å². The first-order valence-electron chi connectivity index (χ1n) is 22.2. The van der Waals surface area contributed by atoms with Crippen molar-refractivity contribution < 1.29 is 25.9 Å². The largest absolute Gasteiger partial charge is 2.00 e. The molecule has 0 heterocycles. The van der Waals surface area contributed by atoms with Crippen LogP contribution in [0.3, 0.4) is 0 Å². The Morgan fingerprint density at radius 2 is 0.509 bits per heavy atom. The third-order valence-corrected chi connectivity index (χ3v) is 12.3. The van der Waals surface area contributed by atoms with Crippen LogP contribution in [0.1, 0.15) is 218 Å². The molecule has 2 rings (SSSR count). The van der Waals surface area contributed by atoms with Crippen molar-refractivity contribution in [3.05, 3.63) is 59.7 Å². The molecule has 0 aliphatic rings. The minimum absolute atomic E-state index is 0. The summed E-state index contributed by atoms with van der Waals surface area (Å²) in [5.41, 5.74) is 2.22. The zero-order valence-electron chi connectivity index (χ0n) is 35.2. The van der Waals surface area contributed by atoms with E-state index < -0.39 is 20.2 Å². The number of unbranched alkanes of at least 4 members (excludes halogenated alkanes) is 28. The molecule has 0 saturated heterocycles. The summed E-state index contributed by atoms with van der Waals surface area (Å²) in [6, 6.07) is 12.7. The molecule has 0 aliphatic carbocycles. The first kappa shape index (κ1) is 54.8. The van der Waals surface area contributed by atoms with Crippen molar-refractivity contribution in [1.29, 1.82) is 0 Å². The smallest absolute Gasteiger partial charge is 0.744 e. The van der Waals surface area contributed by atoms with E-state index in [-0.39, 0.29) is 58.7 Å². The number of rotatable bonds is 34. The number of benzene rings is 2. The second-order valence-electron chi connectivity index (χ2n) is 15.6. The molecule has 0 fully saturated rings. The van der Waals surface area contributed by atoms with Gasteiger partial charge in [0.1, 0.15) is 20.2 Å². The number of hydrogen-bond donors (Lipinski definition) is 0. The maximum Gasteiger partial charge on any atom is 2.00 e. The van der Waals surface area contributed by atoms with E-state index >= 15 is 0 Å². The van der Waals surface area contributed by atoms with Gasteiger partial charge >= 0.3 is 48.9 Å². The Morgan fingerprint density at radius 1 is 0.327 bits per heavy atom. The molecule has 6 nitrogen and oxygen atoms in total. The van der Waals surface area contributed by atoms with Gasteiger partial charge in [-0.05, 0) is 61.1 Å². The van der Waals surface area contributed by atoms with Crippen molar-refractivity contribution in [3.63, 3.8) is 0 Å². The van der Waals surface area contributed by atoms with Crippen LogP contribution >= 0.6 is 0 Å². The van der Waals surface area contributed by atoms with Gasteiger partial charge in [-0.15, -0.1) is 0 Å². The van der Waals surface area contributed by atoms with E-state index in [2.05, 4.69) is 13.8 Å². The van der Waals surface area contributed by atoms with Crippen LogP contribution in [0.25, 0.3) is 0 Å². The fourth-order valence-electron chi connectivity index (χ4n) is 7.05. The molecule has 0 spiro atoms. The Kier molecular flexibility index (Phi) is 36.8. The standard InChI is InChI=1S/2C23H40O3S.Ba/c2*1-2-3-4-5-6-7-8-9-10-11-12-13-14-15-16-17-22-18-20-23(21-19-22)27(24,25)26;/h2*18-21H,2-17H2,1H3,(H,24,25,26);/q;;+2/p-2. The van der Waals surface area contributed by atoms with Crippen molar-refractivity contribution in [2.45, 2.75) is 229 Å². The second-order valence-corrected chi connectivity index (χ2v) is 18.4. The Balaban J connectivity index is 0.00000104. The third kappa shape index (κ3) is 33.4. The van der Waals surface area contributed by atoms with Gasteiger partial charge in [0, 0.05) is 0 Å². The van der Waals surface area contributed by atoms with Crippen molar-refractivity contribution in [2.24, 2.45) is 0 Å². The Labute approximate surface area is 380 Å². The van der Waals surface area contributed by atoms with Crippen LogP contribution in [0, 0.1) is 0 Å². The molecule has 0 aromatic heterocycles. The molecule has 0 saturated carbocycles. The zero-order chi connectivity index (χ0) is 39.6. The molecular weight excluding hydrogens is 850 g/mol. The summed E-state index contributed by atoms with van der Waals surface area (Å²) >= 11 is 0. The molecule has 0 radical (unpaired) electrons. The summed E-state index contributed by atoms with van der Waals surface area (Å²) in [4.78, 5) is -0.273. The van der Waals surface area contributed by atoms with Crippen LogP contribution in [0.4, 0.5) is 0 Å². The SMILES string of the molecule is CCCCCCCCCCCCCCCCCc1ccc(S(=O)(=O)[O-])cc1.CCCCCCCCCCCCCCCCCc1ccc(S(=O)(=O)[O-])cc1.[Ba+2]. The van der Waals surface area contributed by atoms with Crippen LogP contribution < -0.4 is 0 Å². The second kappa shape index (κ2) is 36.9. The van der Waals surface area contributed by atoms with Gasteiger partial charge in [0.15, 0.2) is 0 Å². The van der Waals surface area contributed by atoms with Gasteiger partial charge in [-0.1, -0.05) is 218 Å². The fraction of sp³-hybridized carbons (Fsp3) is 0.739. The molecule has 0 N–H and O–H groups in total. The summed E-state index contributed by atoms with van der Waals surface area (Å²) in [7, 11) is -8.64. The average Bonchev–Trinajstić information content (AvgIpc) is 3.14. The summed E-state index contributed by atoms with van der Waals surface area (Å²) in [6.45, 7) is 4.54. The van der Waals surface area contributed by atoms with Gasteiger partial charge in [0.25, 0.3) is 0 Å². The summed E-state index contributed by atoms with van der Waals surface area (Å²) in [5.74, 6) is 0. The summed E-state index contributed by atoms with van der Waals surface area (Å²) < 4.78 is 65.4. The molecule has 0 atom stereocenters. The molecule has 55 heavy (non-hydrogen) atoms.